The van der Waals surface area contributed by atoms with Crippen molar-refractivity contribution in [3.8, 4) is 6.07 Å². The van der Waals surface area contributed by atoms with Crippen LogP contribution in [0.4, 0.5) is 16.2 Å². The minimum atomic E-state index is -0.457. The molecule has 0 heterocycles. The van der Waals surface area contributed by atoms with Gasteiger partial charge in [-0.1, -0.05) is 18.2 Å². The molecule has 2 aromatic carbocycles. The Morgan fingerprint density at radius 2 is 1.92 bits per heavy atom. The summed E-state index contributed by atoms with van der Waals surface area (Å²) in [4.78, 5) is 24.5. The standard InChI is InChI=1S/C17H16N4O3/c1-2-20(12-14-5-3-4-6-16(14)21(23)24)17(22)19-15-9-7-13(11-18)8-10-15/h3-10H,2,12H2,1H3,(H,19,22). The molecule has 0 atom stereocenters. The van der Waals surface area contributed by atoms with Gasteiger partial charge in [0.2, 0.25) is 0 Å². The zero-order chi connectivity index (χ0) is 17.5. The average Bonchev–Trinajstić information content (AvgIpc) is 2.60. The fraction of sp³-hybridized carbons (Fsp3) is 0.176. The molecule has 0 aliphatic rings. The maximum Gasteiger partial charge on any atom is 0.322 e. The smallest absolute Gasteiger partial charge is 0.320 e. The van der Waals surface area contributed by atoms with Crippen molar-refractivity contribution in [1.29, 1.82) is 5.26 Å². The van der Waals surface area contributed by atoms with Gasteiger partial charge in [0.15, 0.2) is 0 Å². The summed E-state index contributed by atoms with van der Waals surface area (Å²) < 4.78 is 0. The number of nitrogens with zero attached hydrogens (tertiary/aromatic N) is 3. The molecule has 2 rings (SSSR count). The Labute approximate surface area is 139 Å². The molecule has 24 heavy (non-hydrogen) atoms. The number of carbonyl (C=O) groups excluding carboxylic acids is 1. The maximum absolute atomic E-state index is 12.4. The van der Waals surface area contributed by atoms with Gasteiger partial charge >= 0.3 is 6.03 Å². The Morgan fingerprint density at radius 3 is 2.50 bits per heavy atom. The van der Waals surface area contributed by atoms with E-state index in [1.54, 1.807) is 49.4 Å². The molecular weight excluding hydrogens is 308 g/mol. The first-order valence-electron chi connectivity index (χ1n) is 7.33. The predicted molar refractivity (Wildman–Crippen MR) is 89.4 cm³/mol. The van der Waals surface area contributed by atoms with Gasteiger partial charge in [-0.2, -0.15) is 5.26 Å². The Kier molecular flexibility index (Phi) is 5.47. The van der Waals surface area contributed by atoms with E-state index in [0.29, 0.717) is 23.4 Å². The van der Waals surface area contributed by atoms with Gasteiger partial charge in [-0.25, -0.2) is 4.79 Å². The molecule has 0 radical (unpaired) electrons. The Hall–Kier alpha value is -3.40. The second-order valence-electron chi connectivity index (χ2n) is 5.02. The minimum absolute atomic E-state index is 0.0119. The third-order valence-corrected chi connectivity index (χ3v) is 3.48. The molecule has 2 aromatic rings. The Balaban J connectivity index is 2.12. The van der Waals surface area contributed by atoms with Gasteiger partial charge < -0.3 is 10.2 Å². The van der Waals surface area contributed by atoms with E-state index in [4.69, 9.17) is 5.26 Å². The fourth-order valence-corrected chi connectivity index (χ4v) is 2.19. The maximum atomic E-state index is 12.4. The number of carbonyl (C=O) groups is 1. The van der Waals surface area contributed by atoms with Crippen LogP contribution in [0.25, 0.3) is 0 Å². The van der Waals surface area contributed by atoms with Crippen molar-refractivity contribution in [2.75, 3.05) is 11.9 Å². The van der Waals surface area contributed by atoms with E-state index in [-0.39, 0.29) is 18.3 Å². The number of nitriles is 1. The summed E-state index contributed by atoms with van der Waals surface area (Å²) >= 11 is 0. The highest BCUT2D eigenvalue weighted by molar-refractivity contribution is 5.89. The molecule has 0 fully saturated rings. The van der Waals surface area contributed by atoms with Gasteiger partial charge in [-0.15, -0.1) is 0 Å². The Bertz CT molecular complexity index is 781. The van der Waals surface area contributed by atoms with Crippen molar-refractivity contribution in [3.05, 3.63) is 69.8 Å². The van der Waals surface area contributed by atoms with Crippen LogP contribution in [0.15, 0.2) is 48.5 Å². The number of anilines is 1. The Morgan fingerprint density at radius 1 is 1.25 bits per heavy atom. The van der Waals surface area contributed by atoms with Crippen LogP contribution >= 0.6 is 0 Å². The minimum Gasteiger partial charge on any atom is -0.320 e. The zero-order valence-corrected chi connectivity index (χ0v) is 13.1. The first-order valence-corrected chi connectivity index (χ1v) is 7.33. The molecule has 0 bridgehead atoms. The average molecular weight is 324 g/mol. The highest BCUT2D eigenvalue weighted by atomic mass is 16.6. The van der Waals surface area contributed by atoms with Crippen LogP contribution in [0.3, 0.4) is 0 Å². The van der Waals surface area contributed by atoms with E-state index >= 15 is 0 Å². The van der Waals surface area contributed by atoms with Crippen LogP contribution in [-0.2, 0) is 6.54 Å². The molecule has 0 saturated heterocycles. The summed E-state index contributed by atoms with van der Waals surface area (Å²) in [5.41, 5.74) is 1.52. The number of hydrogen-bond acceptors (Lipinski definition) is 4. The third-order valence-electron chi connectivity index (χ3n) is 3.48. The molecule has 0 saturated carbocycles. The van der Waals surface area contributed by atoms with Crippen molar-refractivity contribution >= 4 is 17.4 Å². The van der Waals surface area contributed by atoms with Gasteiger partial charge in [0, 0.05) is 23.9 Å². The molecule has 0 aliphatic carbocycles. The molecule has 0 spiro atoms. The number of benzene rings is 2. The molecule has 1 N–H and O–H groups in total. The molecular formula is C17H16N4O3. The van der Waals surface area contributed by atoms with E-state index in [0.717, 1.165) is 0 Å². The summed E-state index contributed by atoms with van der Waals surface area (Å²) in [7, 11) is 0. The number of nitrogens with one attached hydrogen (secondary N) is 1. The van der Waals surface area contributed by atoms with Gasteiger partial charge in [0.25, 0.3) is 5.69 Å². The van der Waals surface area contributed by atoms with Crippen LogP contribution in [0, 0.1) is 21.4 Å². The molecule has 0 aromatic heterocycles. The van der Waals surface area contributed by atoms with Crippen LogP contribution < -0.4 is 5.32 Å². The van der Waals surface area contributed by atoms with Crippen LogP contribution in [0.5, 0.6) is 0 Å². The molecule has 0 unspecified atom stereocenters. The highest BCUT2D eigenvalue weighted by Crippen LogP contribution is 2.20. The normalized spacial score (nSPS) is 9.83. The largest absolute Gasteiger partial charge is 0.322 e. The lowest BCUT2D eigenvalue weighted by Gasteiger charge is -2.21. The summed E-state index contributed by atoms with van der Waals surface area (Å²) in [5, 5.41) is 22.6. The lowest BCUT2D eigenvalue weighted by atomic mass is 10.1. The molecule has 2 amide bonds. The number of para-hydroxylation sites is 1. The van der Waals surface area contributed by atoms with Crippen molar-refractivity contribution in [3.63, 3.8) is 0 Å². The van der Waals surface area contributed by atoms with E-state index in [2.05, 4.69) is 5.32 Å². The predicted octanol–water partition coefficient (Wildman–Crippen LogP) is 3.52. The van der Waals surface area contributed by atoms with E-state index in [1.807, 2.05) is 6.07 Å². The SMILES string of the molecule is CCN(Cc1ccccc1[N+](=O)[O-])C(=O)Nc1ccc(C#N)cc1. The number of urea groups is 1. The number of hydrogen-bond donors (Lipinski definition) is 1. The van der Waals surface area contributed by atoms with Gasteiger partial charge in [0.1, 0.15) is 0 Å². The van der Waals surface area contributed by atoms with Crippen LogP contribution in [0.1, 0.15) is 18.1 Å². The monoisotopic (exact) mass is 324 g/mol. The summed E-state index contributed by atoms with van der Waals surface area (Å²) in [6, 6.07) is 14.5. The summed E-state index contributed by atoms with van der Waals surface area (Å²) in [6.45, 7) is 2.33. The van der Waals surface area contributed by atoms with Crippen molar-refractivity contribution in [1.82, 2.24) is 4.90 Å². The fourth-order valence-electron chi connectivity index (χ4n) is 2.19. The van der Waals surface area contributed by atoms with Gasteiger partial charge in [-0.3, -0.25) is 10.1 Å². The zero-order valence-electron chi connectivity index (χ0n) is 13.1. The second-order valence-corrected chi connectivity index (χ2v) is 5.02. The molecule has 7 nitrogen and oxygen atoms in total. The van der Waals surface area contributed by atoms with E-state index in [9.17, 15) is 14.9 Å². The van der Waals surface area contributed by atoms with Crippen molar-refractivity contribution in [2.45, 2.75) is 13.5 Å². The molecule has 122 valence electrons. The van der Waals surface area contributed by atoms with Crippen LogP contribution in [-0.4, -0.2) is 22.4 Å². The highest BCUT2D eigenvalue weighted by Gasteiger charge is 2.18. The lowest BCUT2D eigenvalue weighted by Crippen LogP contribution is -2.34. The van der Waals surface area contributed by atoms with Crippen LogP contribution in [0.2, 0.25) is 0 Å². The topological polar surface area (TPSA) is 99.3 Å². The number of amides is 2. The molecule has 7 heteroatoms. The number of nitro groups is 1. The lowest BCUT2D eigenvalue weighted by molar-refractivity contribution is -0.385. The van der Waals surface area contributed by atoms with Gasteiger partial charge in [0.05, 0.1) is 23.1 Å². The third kappa shape index (κ3) is 4.08. The summed E-state index contributed by atoms with van der Waals surface area (Å²) in [6.07, 6.45) is 0. The number of nitro benzene ring substituents is 1. The first kappa shape index (κ1) is 17.0. The van der Waals surface area contributed by atoms with E-state index in [1.165, 1.54) is 11.0 Å². The van der Waals surface area contributed by atoms with Gasteiger partial charge in [-0.05, 0) is 31.2 Å². The molecule has 0 aliphatic heterocycles. The van der Waals surface area contributed by atoms with Crippen molar-refractivity contribution < 1.29 is 9.72 Å². The summed E-state index contributed by atoms with van der Waals surface area (Å²) in [5.74, 6) is 0. The van der Waals surface area contributed by atoms with E-state index < -0.39 is 4.92 Å². The van der Waals surface area contributed by atoms with Crippen molar-refractivity contribution in [2.24, 2.45) is 0 Å². The second kappa shape index (κ2) is 7.74. The first-order chi connectivity index (χ1) is 11.5. The quantitative estimate of drug-likeness (QED) is 0.671. The number of rotatable bonds is 5.